The average molecular weight is 274 g/mol. The first kappa shape index (κ1) is 15.7. The molecule has 1 amide bonds. The highest BCUT2D eigenvalue weighted by Crippen LogP contribution is 2.07. The Morgan fingerprint density at radius 2 is 1.95 bits per heavy atom. The molecule has 0 bridgehead atoms. The van der Waals surface area contributed by atoms with Crippen LogP contribution in [0.25, 0.3) is 0 Å². The summed E-state index contributed by atoms with van der Waals surface area (Å²) in [4.78, 5) is 24.9. The molecule has 0 aliphatic carbocycles. The van der Waals surface area contributed by atoms with Crippen LogP contribution < -0.4 is 0 Å². The van der Waals surface area contributed by atoms with Crippen molar-refractivity contribution in [3.63, 3.8) is 0 Å². The number of ether oxygens (including phenoxy) is 1. The van der Waals surface area contributed by atoms with Gasteiger partial charge < -0.3 is 9.64 Å². The maximum absolute atomic E-state index is 12.2. The Balaban J connectivity index is 2.69. The van der Waals surface area contributed by atoms with Crippen LogP contribution in [0.1, 0.15) is 24.5 Å². The number of amides is 1. The molecule has 1 aromatic carbocycles. The molecule has 5 nitrogen and oxygen atoms in total. The Morgan fingerprint density at radius 3 is 2.45 bits per heavy atom. The van der Waals surface area contributed by atoms with Crippen molar-refractivity contribution in [3.05, 3.63) is 35.4 Å². The smallest absolute Gasteiger partial charge is 0.325 e. The summed E-state index contributed by atoms with van der Waals surface area (Å²) in [5.41, 5.74) is 1.38. The Labute approximate surface area is 118 Å². The molecular formula is C15H18N2O3. The van der Waals surface area contributed by atoms with E-state index in [1.807, 2.05) is 13.0 Å². The van der Waals surface area contributed by atoms with E-state index in [0.717, 1.165) is 12.0 Å². The van der Waals surface area contributed by atoms with Crippen LogP contribution >= 0.6 is 0 Å². The molecule has 0 aromatic heterocycles. The van der Waals surface area contributed by atoms with Gasteiger partial charge in [0.25, 0.3) is 0 Å². The van der Waals surface area contributed by atoms with Gasteiger partial charge in [0.2, 0.25) is 5.91 Å². The van der Waals surface area contributed by atoms with Crippen LogP contribution in [-0.2, 0) is 20.7 Å². The number of methoxy groups -OCH3 is 1. The fourth-order valence-corrected chi connectivity index (χ4v) is 1.77. The third-order valence-electron chi connectivity index (χ3n) is 2.83. The van der Waals surface area contributed by atoms with Crippen LogP contribution in [0.3, 0.4) is 0 Å². The van der Waals surface area contributed by atoms with Crippen molar-refractivity contribution in [2.24, 2.45) is 0 Å². The highest BCUT2D eigenvalue weighted by Gasteiger charge is 2.16. The first-order valence-electron chi connectivity index (χ1n) is 6.44. The lowest BCUT2D eigenvalue weighted by atomic mass is 10.1. The molecule has 0 heterocycles. The van der Waals surface area contributed by atoms with E-state index in [9.17, 15) is 9.59 Å². The fourth-order valence-electron chi connectivity index (χ4n) is 1.77. The number of carbonyl (C=O) groups excluding carboxylic acids is 2. The summed E-state index contributed by atoms with van der Waals surface area (Å²) in [6, 6.07) is 8.87. The van der Waals surface area contributed by atoms with Gasteiger partial charge in [0, 0.05) is 6.54 Å². The van der Waals surface area contributed by atoms with Crippen LogP contribution in [0, 0.1) is 11.3 Å². The largest absolute Gasteiger partial charge is 0.468 e. The van der Waals surface area contributed by atoms with E-state index >= 15 is 0 Å². The topological polar surface area (TPSA) is 70.4 Å². The van der Waals surface area contributed by atoms with E-state index in [0.29, 0.717) is 12.1 Å². The van der Waals surface area contributed by atoms with Crippen LogP contribution in [0.4, 0.5) is 0 Å². The van der Waals surface area contributed by atoms with Gasteiger partial charge in [-0.25, -0.2) is 0 Å². The molecule has 0 N–H and O–H groups in total. The summed E-state index contributed by atoms with van der Waals surface area (Å²) >= 11 is 0. The molecule has 0 atom stereocenters. The van der Waals surface area contributed by atoms with Crippen molar-refractivity contribution in [1.82, 2.24) is 4.90 Å². The van der Waals surface area contributed by atoms with Crippen LogP contribution in [0.15, 0.2) is 24.3 Å². The summed E-state index contributed by atoms with van der Waals surface area (Å²) < 4.78 is 4.59. The number of carbonyl (C=O) groups is 2. The SMILES string of the molecule is CCCN(CC(=O)OC)C(=O)Cc1ccc(C#N)cc1. The number of hydrogen-bond acceptors (Lipinski definition) is 4. The van der Waals surface area contributed by atoms with Gasteiger partial charge in [0.15, 0.2) is 0 Å². The number of esters is 1. The zero-order valence-electron chi connectivity index (χ0n) is 11.8. The summed E-state index contributed by atoms with van der Waals surface area (Å²) in [6.45, 7) is 2.43. The molecule has 20 heavy (non-hydrogen) atoms. The summed E-state index contributed by atoms with van der Waals surface area (Å²) in [7, 11) is 1.30. The van der Waals surface area contributed by atoms with E-state index in [1.165, 1.54) is 12.0 Å². The third kappa shape index (κ3) is 4.73. The minimum atomic E-state index is -0.424. The van der Waals surface area contributed by atoms with Crippen molar-refractivity contribution in [3.8, 4) is 6.07 Å². The van der Waals surface area contributed by atoms with Crippen molar-refractivity contribution >= 4 is 11.9 Å². The Hall–Kier alpha value is -2.35. The molecule has 0 unspecified atom stereocenters. The quantitative estimate of drug-likeness (QED) is 0.737. The number of benzene rings is 1. The summed E-state index contributed by atoms with van der Waals surface area (Å²) in [6.07, 6.45) is 0.985. The normalized spacial score (nSPS) is 9.65. The molecule has 5 heteroatoms. The van der Waals surface area contributed by atoms with Gasteiger partial charge in [-0.3, -0.25) is 9.59 Å². The lowest BCUT2D eigenvalue weighted by Crippen LogP contribution is -2.37. The van der Waals surface area contributed by atoms with Gasteiger partial charge in [0.1, 0.15) is 6.54 Å². The average Bonchev–Trinajstić information content (AvgIpc) is 2.47. The fraction of sp³-hybridized carbons (Fsp3) is 0.400. The van der Waals surface area contributed by atoms with E-state index in [-0.39, 0.29) is 18.9 Å². The van der Waals surface area contributed by atoms with Crippen molar-refractivity contribution in [2.75, 3.05) is 20.2 Å². The summed E-state index contributed by atoms with van der Waals surface area (Å²) in [5.74, 6) is -0.548. The Kier molecular flexibility index (Phi) is 6.24. The maximum atomic E-state index is 12.2. The molecule has 1 rings (SSSR count). The van der Waals surface area contributed by atoms with Crippen molar-refractivity contribution < 1.29 is 14.3 Å². The van der Waals surface area contributed by atoms with E-state index in [1.54, 1.807) is 24.3 Å². The molecule has 0 fully saturated rings. The Bertz CT molecular complexity index is 503. The van der Waals surface area contributed by atoms with Crippen molar-refractivity contribution in [2.45, 2.75) is 19.8 Å². The van der Waals surface area contributed by atoms with Crippen LogP contribution in [0.5, 0.6) is 0 Å². The first-order valence-corrected chi connectivity index (χ1v) is 6.44. The predicted molar refractivity (Wildman–Crippen MR) is 73.7 cm³/mol. The maximum Gasteiger partial charge on any atom is 0.325 e. The van der Waals surface area contributed by atoms with Gasteiger partial charge in [-0.1, -0.05) is 19.1 Å². The molecular weight excluding hydrogens is 256 g/mol. The van der Waals surface area contributed by atoms with Crippen LogP contribution in [-0.4, -0.2) is 37.0 Å². The molecule has 0 radical (unpaired) electrons. The summed E-state index contributed by atoms with van der Waals surface area (Å²) in [5, 5.41) is 8.72. The molecule has 0 spiro atoms. The first-order chi connectivity index (χ1) is 9.60. The zero-order valence-corrected chi connectivity index (χ0v) is 11.8. The molecule has 0 aliphatic rings. The van der Waals surface area contributed by atoms with Crippen LogP contribution in [0.2, 0.25) is 0 Å². The minimum absolute atomic E-state index is 0.0283. The van der Waals surface area contributed by atoms with E-state index in [4.69, 9.17) is 5.26 Å². The molecule has 106 valence electrons. The standard InChI is InChI=1S/C15H18N2O3/c1-3-8-17(11-15(19)20-2)14(18)9-12-4-6-13(10-16)7-5-12/h4-7H,3,8-9,11H2,1-2H3. The van der Waals surface area contributed by atoms with E-state index in [2.05, 4.69) is 4.74 Å². The van der Waals surface area contributed by atoms with E-state index < -0.39 is 5.97 Å². The molecule has 0 saturated heterocycles. The molecule has 1 aromatic rings. The number of nitriles is 1. The number of hydrogen-bond donors (Lipinski definition) is 0. The van der Waals surface area contributed by atoms with Gasteiger partial charge in [0.05, 0.1) is 25.2 Å². The second-order valence-electron chi connectivity index (χ2n) is 4.38. The third-order valence-corrected chi connectivity index (χ3v) is 2.83. The predicted octanol–water partition coefficient (Wildman–Crippen LogP) is 1.51. The van der Waals surface area contributed by atoms with Gasteiger partial charge in [-0.15, -0.1) is 0 Å². The zero-order chi connectivity index (χ0) is 15.0. The monoisotopic (exact) mass is 274 g/mol. The van der Waals surface area contributed by atoms with Gasteiger partial charge in [-0.2, -0.15) is 5.26 Å². The molecule has 0 saturated carbocycles. The Morgan fingerprint density at radius 1 is 1.30 bits per heavy atom. The second kappa shape index (κ2) is 7.95. The number of nitrogens with zero attached hydrogens (tertiary/aromatic N) is 2. The highest BCUT2D eigenvalue weighted by atomic mass is 16.5. The van der Waals surface area contributed by atoms with Gasteiger partial charge >= 0.3 is 5.97 Å². The van der Waals surface area contributed by atoms with Gasteiger partial charge in [-0.05, 0) is 24.1 Å². The second-order valence-corrected chi connectivity index (χ2v) is 4.38. The molecule has 0 aliphatic heterocycles. The lowest BCUT2D eigenvalue weighted by Gasteiger charge is -2.20. The highest BCUT2D eigenvalue weighted by molar-refractivity contribution is 5.83. The van der Waals surface area contributed by atoms with Crippen molar-refractivity contribution in [1.29, 1.82) is 5.26 Å². The minimum Gasteiger partial charge on any atom is -0.468 e. The lowest BCUT2D eigenvalue weighted by molar-refractivity contribution is -0.146. The number of rotatable bonds is 6.